The van der Waals surface area contributed by atoms with Crippen LogP contribution in [0, 0.1) is 0 Å². The van der Waals surface area contributed by atoms with E-state index in [-0.39, 0.29) is 0 Å². The summed E-state index contributed by atoms with van der Waals surface area (Å²) < 4.78 is 5.78. The van der Waals surface area contributed by atoms with Crippen LogP contribution in [-0.4, -0.2) is 29.1 Å². The number of nitrogens with zero attached hydrogens (tertiary/aromatic N) is 6. The fourth-order valence-electron chi connectivity index (χ4n) is 7.62. The highest BCUT2D eigenvalue weighted by atomic mass is 32.1. The lowest BCUT2D eigenvalue weighted by Crippen LogP contribution is -2.06. The van der Waals surface area contributed by atoms with Gasteiger partial charge in [-0.05, 0) is 36.4 Å². The molecule has 0 saturated heterocycles. The number of benzene rings is 6. The van der Waals surface area contributed by atoms with Gasteiger partial charge >= 0.3 is 0 Å². The summed E-state index contributed by atoms with van der Waals surface area (Å²) in [6.45, 7) is 0. The lowest BCUT2D eigenvalue weighted by Gasteiger charge is -2.11. The topological polar surface area (TPSA) is 61.4 Å². The van der Waals surface area contributed by atoms with Crippen molar-refractivity contribution in [1.29, 1.82) is 0 Å². The van der Waals surface area contributed by atoms with E-state index in [4.69, 9.17) is 19.9 Å². The molecule has 0 spiro atoms. The molecule has 0 fully saturated rings. The van der Waals surface area contributed by atoms with Gasteiger partial charge in [-0.15, -0.1) is 11.3 Å². The smallest absolute Gasteiger partial charge is 0.238 e. The molecule has 5 aromatic heterocycles. The molecule has 0 aliphatic heterocycles. The third kappa shape index (κ3) is 4.22. The summed E-state index contributed by atoms with van der Waals surface area (Å²) in [6, 6.07) is 52.8. The van der Waals surface area contributed by atoms with E-state index in [1.165, 1.54) is 26.2 Å². The van der Waals surface area contributed by atoms with Gasteiger partial charge in [-0.3, -0.25) is 4.57 Å². The lowest BCUT2D eigenvalue weighted by molar-refractivity contribution is 0.953. The molecular formula is C44H26N6S. The summed E-state index contributed by atoms with van der Waals surface area (Å²) in [7, 11) is 0. The third-order valence-corrected chi connectivity index (χ3v) is 10.9. The van der Waals surface area contributed by atoms with Crippen LogP contribution in [0.15, 0.2) is 158 Å². The molecule has 0 amide bonds. The molecule has 6 aromatic carbocycles. The van der Waals surface area contributed by atoms with Crippen LogP contribution in [0.4, 0.5) is 0 Å². The first-order chi connectivity index (χ1) is 25.3. The van der Waals surface area contributed by atoms with Crippen molar-refractivity contribution in [3.63, 3.8) is 0 Å². The molecule has 5 heterocycles. The SMILES string of the molecule is c1ccc(-c2nc(-c3ccccc3)nc(-n3c4ccccc4c4cc(-n5c6ccccc6c6c7c(ncc65)sc5ccccc57)ccc43)n2)cc1. The van der Waals surface area contributed by atoms with E-state index in [1.807, 2.05) is 66.9 Å². The van der Waals surface area contributed by atoms with Crippen LogP contribution in [0.5, 0.6) is 0 Å². The summed E-state index contributed by atoms with van der Waals surface area (Å²) in [5.74, 6) is 1.84. The molecule has 0 atom stereocenters. The molecule has 51 heavy (non-hydrogen) atoms. The van der Waals surface area contributed by atoms with E-state index in [2.05, 4.69) is 100 Å². The van der Waals surface area contributed by atoms with Gasteiger partial charge in [-0.2, -0.15) is 9.97 Å². The van der Waals surface area contributed by atoms with Gasteiger partial charge in [0.15, 0.2) is 11.6 Å². The van der Waals surface area contributed by atoms with Crippen molar-refractivity contribution < 1.29 is 0 Å². The van der Waals surface area contributed by atoms with Crippen LogP contribution in [0.2, 0.25) is 0 Å². The highest BCUT2D eigenvalue weighted by Crippen LogP contribution is 2.43. The van der Waals surface area contributed by atoms with Gasteiger partial charge in [0.1, 0.15) is 4.83 Å². The highest BCUT2D eigenvalue weighted by molar-refractivity contribution is 7.25. The minimum Gasteiger partial charge on any atom is -0.308 e. The Morgan fingerprint density at radius 1 is 0.431 bits per heavy atom. The second kappa shape index (κ2) is 10.9. The fourth-order valence-corrected chi connectivity index (χ4v) is 8.67. The van der Waals surface area contributed by atoms with Crippen molar-refractivity contribution in [3.05, 3.63) is 158 Å². The van der Waals surface area contributed by atoms with E-state index in [0.717, 1.165) is 54.5 Å². The minimum absolute atomic E-state index is 0.578. The maximum Gasteiger partial charge on any atom is 0.238 e. The van der Waals surface area contributed by atoms with Gasteiger partial charge in [0, 0.05) is 53.8 Å². The normalized spacial score (nSPS) is 11.9. The van der Waals surface area contributed by atoms with E-state index in [9.17, 15) is 0 Å². The van der Waals surface area contributed by atoms with Crippen molar-refractivity contribution >= 4 is 75.3 Å². The number of hydrogen-bond acceptors (Lipinski definition) is 5. The average molecular weight is 671 g/mol. The number of rotatable bonds is 4. The Balaban J connectivity index is 1.18. The molecule has 0 bridgehead atoms. The third-order valence-electron chi connectivity index (χ3n) is 9.84. The quantitative estimate of drug-likeness (QED) is 0.187. The van der Waals surface area contributed by atoms with Crippen molar-refractivity contribution in [2.45, 2.75) is 0 Å². The van der Waals surface area contributed by atoms with Gasteiger partial charge in [0.25, 0.3) is 0 Å². The maximum atomic E-state index is 5.10. The van der Waals surface area contributed by atoms with Gasteiger partial charge in [-0.1, -0.05) is 115 Å². The molecule has 11 aromatic rings. The predicted octanol–water partition coefficient (Wildman–Crippen LogP) is 11.2. The number of hydrogen-bond donors (Lipinski definition) is 0. The Bertz CT molecular complexity index is 3080. The van der Waals surface area contributed by atoms with Crippen LogP contribution in [0.1, 0.15) is 0 Å². The summed E-state index contributed by atoms with van der Waals surface area (Å²) in [6.07, 6.45) is 2.04. The largest absolute Gasteiger partial charge is 0.308 e. The van der Waals surface area contributed by atoms with Gasteiger partial charge in [-0.25, -0.2) is 9.97 Å². The molecular weight excluding hydrogens is 645 g/mol. The van der Waals surface area contributed by atoms with Gasteiger partial charge in [0.2, 0.25) is 5.95 Å². The summed E-state index contributed by atoms with van der Waals surface area (Å²) in [5, 5.41) is 7.17. The first-order valence-electron chi connectivity index (χ1n) is 16.9. The first kappa shape index (κ1) is 28.2. The Morgan fingerprint density at radius 3 is 1.75 bits per heavy atom. The Morgan fingerprint density at radius 2 is 1.02 bits per heavy atom. The van der Waals surface area contributed by atoms with Gasteiger partial charge < -0.3 is 4.57 Å². The molecule has 0 N–H and O–H groups in total. The van der Waals surface area contributed by atoms with E-state index < -0.39 is 0 Å². The Labute approximate surface area is 295 Å². The standard InChI is InChI=1S/C44H26N6S/c1-3-13-27(14-4-1)41-46-42(28-15-5-2-6-16-28)48-44(47-41)50-34-20-10-7-17-30(34)33-25-29(23-24-36(33)50)49-35-21-11-8-18-31(35)39-37(49)26-45-43-40(39)32-19-9-12-22-38(32)51-43/h1-26H. The molecule has 6 nitrogen and oxygen atoms in total. The van der Waals surface area contributed by atoms with Crippen LogP contribution in [-0.2, 0) is 0 Å². The number of aromatic nitrogens is 6. The van der Waals surface area contributed by atoms with Gasteiger partial charge in [0.05, 0.1) is 28.3 Å². The predicted molar refractivity (Wildman–Crippen MR) is 210 cm³/mol. The molecule has 0 radical (unpaired) electrons. The second-order valence-electron chi connectivity index (χ2n) is 12.7. The Hall–Kier alpha value is -6.70. The summed E-state index contributed by atoms with van der Waals surface area (Å²) >= 11 is 1.75. The van der Waals surface area contributed by atoms with E-state index in [1.54, 1.807) is 11.3 Å². The maximum absolute atomic E-state index is 5.10. The van der Waals surface area contributed by atoms with Crippen LogP contribution in [0.3, 0.4) is 0 Å². The molecule has 0 aliphatic rings. The van der Waals surface area contributed by atoms with Crippen molar-refractivity contribution in [2.24, 2.45) is 0 Å². The monoisotopic (exact) mass is 670 g/mol. The number of thiophene rings is 1. The zero-order valence-corrected chi connectivity index (χ0v) is 27.9. The van der Waals surface area contributed by atoms with E-state index >= 15 is 0 Å². The average Bonchev–Trinajstić information content (AvgIpc) is 3.86. The van der Waals surface area contributed by atoms with Crippen LogP contribution < -0.4 is 0 Å². The first-order valence-corrected chi connectivity index (χ1v) is 17.7. The molecule has 11 rings (SSSR count). The zero-order chi connectivity index (χ0) is 33.5. The second-order valence-corrected chi connectivity index (χ2v) is 13.7. The number of pyridine rings is 1. The Kier molecular flexibility index (Phi) is 6.02. The lowest BCUT2D eigenvalue weighted by atomic mass is 10.1. The minimum atomic E-state index is 0.578. The van der Waals surface area contributed by atoms with Crippen molar-refractivity contribution in [1.82, 2.24) is 29.1 Å². The number of para-hydroxylation sites is 2. The van der Waals surface area contributed by atoms with Crippen LogP contribution in [0.25, 0.3) is 98.3 Å². The summed E-state index contributed by atoms with van der Waals surface area (Å²) in [4.78, 5) is 21.2. The van der Waals surface area contributed by atoms with Crippen molar-refractivity contribution in [2.75, 3.05) is 0 Å². The van der Waals surface area contributed by atoms with Crippen molar-refractivity contribution in [3.8, 4) is 34.4 Å². The number of fused-ring (bicyclic) bond motifs is 10. The molecule has 0 aliphatic carbocycles. The fraction of sp³-hybridized carbons (Fsp3) is 0. The molecule has 0 unspecified atom stereocenters. The molecule has 7 heteroatoms. The molecule has 0 saturated carbocycles. The van der Waals surface area contributed by atoms with Crippen LogP contribution >= 0.6 is 11.3 Å². The molecule has 238 valence electrons. The summed E-state index contributed by atoms with van der Waals surface area (Å²) in [5.41, 5.74) is 7.24. The van der Waals surface area contributed by atoms with E-state index in [0.29, 0.717) is 17.6 Å². The highest BCUT2D eigenvalue weighted by Gasteiger charge is 2.21. The zero-order valence-electron chi connectivity index (χ0n) is 27.1.